The van der Waals surface area contributed by atoms with Crippen molar-refractivity contribution in [1.82, 2.24) is 5.32 Å². The van der Waals surface area contributed by atoms with Crippen LogP contribution in [0.2, 0.25) is 0 Å². The van der Waals surface area contributed by atoms with Crippen molar-refractivity contribution in [2.24, 2.45) is 0 Å². The molecule has 0 saturated heterocycles. The molecule has 0 spiro atoms. The molecule has 51 heavy (non-hydrogen) atoms. The van der Waals surface area contributed by atoms with Gasteiger partial charge >= 0.3 is 0 Å². The van der Waals surface area contributed by atoms with E-state index in [9.17, 15) is 19.4 Å². The van der Waals surface area contributed by atoms with E-state index in [-0.39, 0.29) is 19.1 Å². The first kappa shape index (κ1) is 50.5. The van der Waals surface area contributed by atoms with E-state index in [4.69, 9.17) is 9.05 Å². The van der Waals surface area contributed by atoms with Gasteiger partial charge in [0, 0.05) is 6.42 Å². The lowest BCUT2D eigenvalue weighted by molar-refractivity contribution is -0.870. The highest BCUT2D eigenvalue weighted by Gasteiger charge is 2.24. The standard InChI is InChI=1S/C42H87N2O6P/c1-6-8-10-12-13-14-15-16-17-18-19-20-21-22-23-24-25-26-27-28-29-30-31-32-34-36-42(46)43-40(41(45)35-33-11-9-7-2)39-50-51(47,48)49-38-37-44(3,4)5/h40-41,45H,6-39H2,1-5H3,(H-,43,46,47,48). The number of carbonyl (C=O) groups is 1. The lowest BCUT2D eigenvalue weighted by Crippen LogP contribution is -2.46. The maximum atomic E-state index is 12.7. The van der Waals surface area contributed by atoms with Crippen molar-refractivity contribution >= 4 is 13.7 Å². The third kappa shape index (κ3) is 37.6. The highest BCUT2D eigenvalue weighted by molar-refractivity contribution is 7.45. The number of amides is 1. The third-order valence-corrected chi connectivity index (χ3v) is 11.1. The summed E-state index contributed by atoms with van der Waals surface area (Å²) in [6.07, 6.45) is 37.6. The molecule has 3 atom stereocenters. The number of nitrogens with zero attached hydrogens (tertiary/aromatic N) is 1. The number of aliphatic hydroxyl groups excluding tert-OH is 1. The summed E-state index contributed by atoms with van der Waals surface area (Å²) in [5.74, 6) is -0.169. The van der Waals surface area contributed by atoms with Gasteiger partial charge in [0.25, 0.3) is 7.82 Å². The van der Waals surface area contributed by atoms with Crippen molar-refractivity contribution < 1.29 is 32.9 Å². The van der Waals surface area contributed by atoms with Gasteiger partial charge < -0.3 is 28.8 Å². The van der Waals surface area contributed by atoms with Gasteiger partial charge in [-0.2, -0.15) is 0 Å². The van der Waals surface area contributed by atoms with Crippen LogP contribution in [0.1, 0.15) is 213 Å². The molecule has 0 fully saturated rings. The molecule has 2 N–H and O–H groups in total. The SMILES string of the molecule is CCCCCCCCCCCCCCCCCCCCCCCCCCCC(=O)NC(COP(=O)([O-])OCC[N+](C)(C)C)C(O)CCCCCC. The van der Waals surface area contributed by atoms with Crippen LogP contribution in [0.5, 0.6) is 0 Å². The summed E-state index contributed by atoms with van der Waals surface area (Å²) in [5.41, 5.74) is 0. The van der Waals surface area contributed by atoms with E-state index in [1.807, 2.05) is 21.1 Å². The highest BCUT2D eigenvalue weighted by atomic mass is 31.2. The Morgan fingerprint density at radius 2 is 0.961 bits per heavy atom. The van der Waals surface area contributed by atoms with Gasteiger partial charge in [0.1, 0.15) is 13.2 Å². The third-order valence-electron chi connectivity index (χ3n) is 10.1. The molecule has 0 aliphatic carbocycles. The number of hydrogen-bond donors (Lipinski definition) is 2. The van der Waals surface area contributed by atoms with Crippen LogP contribution in [0.15, 0.2) is 0 Å². The lowest BCUT2D eigenvalue weighted by atomic mass is 10.0. The molecule has 1 amide bonds. The van der Waals surface area contributed by atoms with Gasteiger partial charge in [-0.25, -0.2) is 0 Å². The molecule has 0 bridgehead atoms. The van der Waals surface area contributed by atoms with Crippen LogP contribution in [-0.4, -0.2) is 68.5 Å². The molecule has 0 aromatic heterocycles. The number of hydrogen-bond acceptors (Lipinski definition) is 6. The number of unbranched alkanes of at least 4 members (excludes halogenated alkanes) is 27. The van der Waals surface area contributed by atoms with Crippen LogP contribution in [0.25, 0.3) is 0 Å². The zero-order valence-electron chi connectivity index (χ0n) is 34.6. The number of aliphatic hydroxyl groups is 1. The number of rotatable bonds is 40. The Bertz CT molecular complexity index is 809. The second-order valence-corrected chi connectivity index (χ2v) is 17.8. The first-order valence-corrected chi connectivity index (χ1v) is 23.3. The fourth-order valence-corrected chi connectivity index (χ4v) is 7.29. The molecule has 0 saturated carbocycles. The highest BCUT2D eigenvalue weighted by Crippen LogP contribution is 2.38. The van der Waals surface area contributed by atoms with Gasteiger partial charge in [-0.05, 0) is 12.8 Å². The average Bonchev–Trinajstić information content (AvgIpc) is 3.07. The van der Waals surface area contributed by atoms with E-state index in [1.54, 1.807) is 0 Å². The van der Waals surface area contributed by atoms with E-state index in [1.165, 1.54) is 141 Å². The topological polar surface area (TPSA) is 108 Å². The molecule has 0 aromatic rings. The van der Waals surface area contributed by atoms with Gasteiger partial charge in [0.05, 0.1) is 39.9 Å². The van der Waals surface area contributed by atoms with Gasteiger partial charge in [-0.1, -0.05) is 194 Å². The summed E-state index contributed by atoms with van der Waals surface area (Å²) < 4.78 is 23.0. The van der Waals surface area contributed by atoms with Crippen molar-refractivity contribution in [2.45, 2.75) is 225 Å². The summed E-state index contributed by atoms with van der Waals surface area (Å²) in [6, 6.07) is -0.789. The molecule has 0 radical (unpaired) electrons. The van der Waals surface area contributed by atoms with Crippen molar-refractivity contribution in [3.05, 3.63) is 0 Å². The predicted octanol–water partition coefficient (Wildman–Crippen LogP) is 11.2. The van der Waals surface area contributed by atoms with E-state index < -0.39 is 20.0 Å². The van der Waals surface area contributed by atoms with Crippen molar-refractivity contribution in [3.8, 4) is 0 Å². The molecule has 3 unspecified atom stereocenters. The molecule has 306 valence electrons. The van der Waals surface area contributed by atoms with Gasteiger partial charge in [0.15, 0.2) is 0 Å². The van der Waals surface area contributed by atoms with Gasteiger partial charge in [0.2, 0.25) is 5.91 Å². The molecule has 0 aliphatic rings. The van der Waals surface area contributed by atoms with Gasteiger partial charge in [-0.3, -0.25) is 9.36 Å². The van der Waals surface area contributed by atoms with Crippen LogP contribution in [0, 0.1) is 0 Å². The quantitative estimate of drug-likeness (QED) is 0.0367. The van der Waals surface area contributed by atoms with Crippen LogP contribution >= 0.6 is 7.82 Å². The zero-order valence-corrected chi connectivity index (χ0v) is 35.5. The van der Waals surface area contributed by atoms with E-state index >= 15 is 0 Å². The zero-order chi connectivity index (χ0) is 37.9. The summed E-state index contributed by atoms with van der Waals surface area (Å²) in [4.78, 5) is 25.0. The molecular weight excluding hydrogens is 659 g/mol. The van der Waals surface area contributed by atoms with Crippen LogP contribution in [-0.2, 0) is 18.4 Å². The summed E-state index contributed by atoms with van der Waals surface area (Å²) in [5, 5.41) is 13.6. The maximum absolute atomic E-state index is 12.7. The molecule has 0 heterocycles. The first-order valence-electron chi connectivity index (χ1n) is 21.9. The Balaban J connectivity index is 3.86. The Morgan fingerprint density at radius 1 is 0.608 bits per heavy atom. The fourth-order valence-electron chi connectivity index (χ4n) is 6.57. The monoisotopic (exact) mass is 747 g/mol. The molecular formula is C42H87N2O6P. The second kappa shape index (κ2) is 35.2. The van der Waals surface area contributed by atoms with Crippen LogP contribution < -0.4 is 10.2 Å². The Hall–Kier alpha value is -0.500. The Labute approximate surface area is 317 Å². The predicted molar refractivity (Wildman–Crippen MR) is 215 cm³/mol. The minimum atomic E-state index is -4.54. The smallest absolute Gasteiger partial charge is 0.268 e. The largest absolute Gasteiger partial charge is 0.756 e. The lowest BCUT2D eigenvalue weighted by Gasteiger charge is -2.30. The number of phosphoric acid groups is 1. The minimum absolute atomic E-state index is 0.0143. The molecule has 8 nitrogen and oxygen atoms in total. The number of carbonyl (C=O) groups excluding carboxylic acids is 1. The number of nitrogens with one attached hydrogen (secondary N) is 1. The normalized spacial score (nSPS) is 14.4. The van der Waals surface area contributed by atoms with Crippen LogP contribution in [0.4, 0.5) is 0 Å². The number of likely N-dealkylation sites (N-methyl/N-ethyl adjacent to an activating group) is 1. The fraction of sp³-hybridized carbons (Fsp3) is 0.976. The van der Waals surface area contributed by atoms with E-state index in [0.29, 0.717) is 23.9 Å². The Kier molecular flexibility index (Phi) is 34.9. The van der Waals surface area contributed by atoms with E-state index in [2.05, 4.69) is 19.2 Å². The second-order valence-electron chi connectivity index (χ2n) is 16.4. The van der Waals surface area contributed by atoms with Crippen molar-refractivity contribution in [1.29, 1.82) is 0 Å². The maximum Gasteiger partial charge on any atom is 0.268 e. The summed E-state index contributed by atoms with van der Waals surface area (Å²) in [7, 11) is 1.31. The average molecular weight is 747 g/mol. The molecule has 0 aliphatic heterocycles. The Morgan fingerprint density at radius 3 is 1.33 bits per heavy atom. The summed E-state index contributed by atoms with van der Waals surface area (Å²) >= 11 is 0. The molecule has 0 aromatic carbocycles. The number of quaternary nitrogens is 1. The molecule has 0 rings (SSSR count). The van der Waals surface area contributed by atoms with Gasteiger partial charge in [-0.15, -0.1) is 0 Å². The van der Waals surface area contributed by atoms with Crippen LogP contribution in [0.3, 0.4) is 0 Å². The number of phosphoric ester groups is 1. The van der Waals surface area contributed by atoms with E-state index in [0.717, 1.165) is 44.9 Å². The molecule has 9 heteroatoms. The first-order chi connectivity index (χ1) is 24.5. The summed E-state index contributed by atoms with van der Waals surface area (Å²) in [6.45, 7) is 4.61. The minimum Gasteiger partial charge on any atom is -0.756 e. The van der Waals surface area contributed by atoms with Crippen molar-refractivity contribution in [3.63, 3.8) is 0 Å². The van der Waals surface area contributed by atoms with Crippen molar-refractivity contribution in [2.75, 3.05) is 40.9 Å².